The predicted molar refractivity (Wildman–Crippen MR) is 100 cm³/mol. The minimum absolute atomic E-state index is 0.144. The van der Waals surface area contributed by atoms with E-state index in [-0.39, 0.29) is 12.5 Å². The van der Waals surface area contributed by atoms with Gasteiger partial charge in [-0.05, 0) is 43.7 Å². The molecule has 134 valence electrons. The molecule has 1 aromatic carbocycles. The van der Waals surface area contributed by atoms with Gasteiger partial charge in [0.15, 0.2) is 6.61 Å². The van der Waals surface area contributed by atoms with Crippen LogP contribution >= 0.6 is 22.9 Å². The van der Waals surface area contributed by atoms with Crippen molar-refractivity contribution in [1.29, 1.82) is 0 Å². The summed E-state index contributed by atoms with van der Waals surface area (Å²) in [5.74, 6) is -0.628. The molecule has 0 saturated carbocycles. The molecule has 2 aromatic heterocycles. The van der Waals surface area contributed by atoms with Gasteiger partial charge in [-0.2, -0.15) is 5.10 Å². The van der Waals surface area contributed by atoms with Gasteiger partial charge in [-0.15, -0.1) is 11.3 Å². The average molecular weight is 390 g/mol. The lowest BCUT2D eigenvalue weighted by molar-refractivity contribution is -0.137. The Hall–Kier alpha value is -2.38. The summed E-state index contributed by atoms with van der Waals surface area (Å²) < 4.78 is 6.97. The van der Waals surface area contributed by atoms with Crippen LogP contribution < -0.4 is 0 Å². The lowest BCUT2D eigenvalue weighted by atomic mass is 10.2. The lowest BCUT2D eigenvalue weighted by Gasteiger charge is -2.30. The first-order valence-corrected chi connectivity index (χ1v) is 9.42. The van der Waals surface area contributed by atoms with E-state index in [9.17, 15) is 9.59 Å². The number of hydrogen-bond donors (Lipinski definition) is 0. The smallest absolute Gasteiger partial charge is 0.348 e. The highest BCUT2D eigenvalue weighted by Crippen LogP contribution is 2.31. The van der Waals surface area contributed by atoms with E-state index in [0.717, 1.165) is 41.1 Å². The van der Waals surface area contributed by atoms with Crippen LogP contribution in [-0.2, 0) is 9.53 Å². The van der Waals surface area contributed by atoms with Crippen LogP contribution in [-0.4, -0.2) is 46.3 Å². The number of halogens is 1. The lowest BCUT2D eigenvalue weighted by Crippen LogP contribution is -2.44. The number of ether oxygens (including phenoxy) is 1. The molecule has 1 aliphatic heterocycles. The summed E-state index contributed by atoms with van der Waals surface area (Å²) in [5, 5.41) is 6.08. The summed E-state index contributed by atoms with van der Waals surface area (Å²) in [4.78, 5) is 27.1. The van der Waals surface area contributed by atoms with Gasteiger partial charge in [0.05, 0.1) is 11.4 Å². The number of fused-ring (bicyclic) bond motifs is 1. The van der Waals surface area contributed by atoms with Crippen molar-refractivity contribution in [2.45, 2.75) is 13.3 Å². The van der Waals surface area contributed by atoms with E-state index in [4.69, 9.17) is 16.3 Å². The number of thiophene rings is 1. The summed E-state index contributed by atoms with van der Waals surface area (Å²) in [5.41, 5.74) is 1.68. The van der Waals surface area contributed by atoms with E-state index in [1.54, 1.807) is 27.8 Å². The number of rotatable bonds is 4. The Morgan fingerprint density at radius 3 is 2.65 bits per heavy atom. The third-order valence-corrected chi connectivity index (χ3v) is 5.70. The number of carbonyl (C=O) groups is 2. The Morgan fingerprint density at radius 1 is 1.27 bits per heavy atom. The maximum atomic E-state index is 12.3. The molecule has 3 heterocycles. The first kappa shape index (κ1) is 17.1. The summed E-state index contributed by atoms with van der Waals surface area (Å²) in [7, 11) is 0. The van der Waals surface area contributed by atoms with Crippen LogP contribution in [0.2, 0.25) is 5.02 Å². The van der Waals surface area contributed by atoms with Crippen LogP contribution in [0.3, 0.4) is 0 Å². The Bertz CT molecular complexity index is 989. The fourth-order valence-electron chi connectivity index (χ4n) is 2.76. The highest BCUT2D eigenvalue weighted by molar-refractivity contribution is 7.20. The molecule has 0 bridgehead atoms. The minimum atomic E-state index is -0.484. The largest absolute Gasteiger partial charge is 0.451 e. The third-order valence-electron chi connectivity index (χ3n) is 4.35. The molecule has 1 fully saturated rings. The van der Waals surface area contributed by atoms with Crippen LogP contribution in [0.5, 0.6) is 0 Å². The van der Waals surface area contributed by atoms with E-state index in [1.807, 2.05) is 19.1 Å². The molecule has 0 aliphatic carbocycles. The number of esters is 1. The fraction of sp³-hybridized carbons (Fsp3) is 0.278. The van der Waals surface area contributed by atoms with Gasteiger partial charge in [0.2, 0.25) is 0 Å². The SMILES string of the molecule is Cc1nn(-c2ccc(Cl)cc2)c2sc(C(=O)OCC(=O)N3CCC3)cc12. The second kappa shape index (κ2) is 6.74. The van der Waals surface area contributed by atoms with Crippen molar-refractivity contribution in [3.8, 4) is 5.69 Å². The monoisotopic (exact) mass is 389 g/mol. The third kappa shape index (κ3) is 3.08. The van der Waals surface area contributed by atoms with Crippen molar-refractivity contribution in [3.63, 3.8) is 0 Å². The van der Waals surface area contributed by atoms with E-state index >= 15 is 0 Å². The van der Waals surface area contributed by atoms with Crippen molar-refractivity contribution < 1.29 is 14.3 Å². The minimum Gasteiger partial charge on any atom is -0.451 e. The first-order chi connectivity index (χ1) is 12.5. The van der Waals surface area contributed by atoms with Crippen molar-refractivity contribution in [2.75, 3.05) is 19.7 Å². The molecule has 6 nitrogen and oxygen atoms in total. The summed E-state index contributed by atoms with van der Waals surface area (Å²) >= 11 is 7.25. The number of likely N-dealkylation sites (tertiary alicyclic amines) is 1. The van der Waals surface area contributed by atoms with Crippen LogP contribution in [0.25, 0.3) is 15.9 Å². The zero-order valence-corrected chi connectivity index (χ0v) is 15.6. The summed E-state index contributed by atoms with van der Waals surface area (Å²) in [6.45, 7) is 3.17. The number of amides is 1. The van der Waals surface area contributed by atoms with Crippen LogP contribution in [0.4, 0.5) is 0 Å². The predicted octanol–water partition coefficient (Wildman–Crippen LogP) is 3.44. The maximum absolute atomic E-state index is 12.3. The molecular weight excluding hydrogens is 374 g/mol. The quantitative estimate of drug-likeness (QED) is 0.641. The summed E-state index contributed by atoms with van der Waals surface area (Å²) in [6.07, 6.45) is 1.01. The van der Waals surface area contributed by atoms with E-state index < -0.39 is 5.97 Å². The van der Waals surface area contributed by atoms with E-state index in [0.29, 0.717) is 9.90 Å². The van der Waals surface area contributed by atoms with Crippen molar-refractivity contribution in [1.82, 2.24) is 14.7 Å². The van der Waals surface area contributed by atoms with Gasteiger partial charge in [-0.25, -0.2) is 9.48 Å². The van der Waals surface area contributed by atoms with Crippen LogP contribution in [0, 0.1) is 6.92 Å². The molecule has 1 amide bonds. The number of benzene rings is 1. The van der Waals surface area contributed by atoms with E-state index in [1.165, 1.54) is 11.3 Å². The molecule has 4 rings (SSSR count). The van der Waals surface area contributed by atoms with Gasteiger partial charge in [0.1, 0.15) is 9.71 Å². The van der Waals surface area contributed by atoms with Crippen molar-refractivity contribution in [2.24, 2.45) is 0 Å². The standard InChI is InChI=1S/C18H16ClN3O3S/c1-11-14-9-15(18(24)25-10-16(23)21-7-2-8-21)26-17(14)22(20-11)13-5-3-12(19)4-6-13/h3-6,9H,2,7-8,10H2,1H3. The van der Waals surface area contributed by atoms with Gasteiger partial charge in [0.25, 0.3) is 5.91 Å². The number of hydrogen-bond acceptors (Lipinski definition) is 5. The maximum Gasteiger partial charge on any atom is 0.348 e. The summed E-state index contributed by atoms with van der Waals surface area (Å²) in [6, 6.07) is 9.11. The number of nitrogens with zero attached hydrogens (tertiary/aromatic N) is 3. The average Bonchev–Trinajstić information content (AvgIpc) is 3.13. The van der Waals surface area contributed by atoms with Gasteiger partial charge in [0, 0.05) is 23.5 Å². The van der Waals surface area contributed by atoms with Crippen LogP contribution in [0.15, 0.2) is 30.3 Å². The Kier molecular flexibility index (Phi) is 4.42. The molecule has 1 saturated heterocycles. The molecule has 3 aromatic rings. The normalized spacial score (nSPS) is 13.7. The topological polar surface area (TPSA) is 64.4 Å². The first-order valence-electron chi connectivity index (χ1n) is 8.23. The number of aryl methyl sites for hydroxylation is 1. The molecule has 0 radical (unpaired) electrons. The van der Waals surface area contributed by atoms with Crippen molar-refractivity contribution >= 4 is 45.0 Å². The Morgan fingerprint density at radius 2 is 2.00 bits per heavy atom. The second-order valence-electron chi connectivity index (χ2n) is 6.11. The van der Waals surface area contributed by atoms with Gasteiger partial charge >= 0.3 is 5.97 Å². The second-order valence-corrected chi connectivity index (χ2v) is 7.58. The van der Waals surface area contributed by atoms with Gasteiger partial charge < -0.3 is 9.64 Å². The molecule has 1 aliphatic rings. The van der Waals surface area contributed by atoms with Gasteiger partial charge in [-0.1, -0.05) is 11.6 Å². The molecule has 0 N–H and O–H groups in total. The number of aromatic nitrogens is 2. The highest BCUT2D eigenvalue weighted by atomic mass is 35.5. The number of carbonyl (C=O) groups excluding carboxylic acids is 2. The van der Waals surface area contributed by atoms with E-state index in [2.05, 4.69) is 5.10 Å². The molecular formula is C18H16ClN3O3S. The molecule has 0 spiro atoms. The van der Waals surface area contributed by atoms with Crippen LogP contribution in [0.1, 0.15) is 21.8 Å². The highest BCUT2D eigenvalue weighted by Gasteiger charge is 2.23. The molecule has 26 heavy (non-hydrogen) atoms. The fourth-order valence-corrected chi connectivity index (χ4v) is 3.96. The Labute approximate surface area is 158 Å². The van der Waals surface area contributed by atoms with Crippen molar-refractivity contribution in [3.05, 3.63) is 45.9 Å². The van der Waals surface area contributed by atoms with Gasteiger partial charge in [-0.3, -0.25) is 4.79 Å². The zero-order valence-electron chi connectivity index (χ0n) is 14.1. The Balaban J connectivity index is 1.57. The molecule has 0 atom stereocenters. The molecule has 8 heteroatoms. The molecule has 0 unspecified atom stereocenters. The zero-order chi connectivity index (χ0) is 18.3.